The van der Waals surface area contributed by atoms with E-state index in [9.17, 15) is 14.4 Å². The maximum atomic E-state index is 12.8. The molecule has 0 fully saturated rings. The summed E-state index contributed by atoms with van der Waals surface area (Å²) in [5.41, 5.74) is 3.62. The number of nitrogens with one attached hydrogen (secondary N) is 1. The number of aliphatic hydroxyl groups is 1. The summed E-state index contributed by atoms with van der Waals surface area (Å²) in [5, 5.41) is 11.5. The minimum absolute atomic E-state index is 0.312. The van der Waals surface area contributed by atoms with Gasteiger partial charge in [0, 0.05) is 30.8 Å². The minimum atomic E-state index is -1.39. The second-order valence-electron chi connectivity index (χ2n) is 9.50. The average Bonchev–Trinajstić information content (AvgIpc) is 2.82. The molecule has 0 aliphatic rings. The number of Topliss-reactive ketones (excluding diaryl/α,β-unsaturated/α-hetero) is 1. The molecule has 2 aromatic rings. The molecule has 6 nitrogen and oxygen atoms in total. The van der Waals surface area contributed by atoms with Gasteiger partial charge in [-0.25, -0.2) is 0 Å². The lowest BCUT2D eigenvalue weighted by molar-refractivity contribution is -0.135. The smallest absolute Gasteiger partial charge is 0.254 e. The van der Waals surface area contributed by atoms with Crippen LogP contribution in [-0.2, 0) is 16.0 Å². The first-order valence-electron chi connectivity index (χ1n) is 11.4. The Kier molecular flexibility index (Phi) is 9.58. The predicted molar refractivity (Wildman–Crippen MR) is 133 cm³/mol. The SMILES string of the molecule is CNC(=O)C(C(=O)CO)N(C)C(=O)c1ccc(C#Cc2ccc(CCCC(C)(C)C)cc2)cc1. The van der Waals surface area contributed by atoms with E-state index in [-0.39, 0.29) is 0 Å². The Hall–Kier alpha value is -3.43. The molecule has 0 radical (unpaired) electrons. The molecule has 0 aromatic heterocycles. The van der Waals surface area contributed by atoms with E-state index in [1.165, 1.54) is 26.1 Å². The van der Waals surface area contributed by atoms with Crippen LogP contribution in [0.25, 0.3) is 0 Å². The van der Waals surface area contributed by atoms with Crippen molar-refractivity contribution in [2.45, 2.75) is 46.1 Å². The second-order valence-corrected chi connectivity index (χ2v) is 9.50. The highest BCUT2D eigenvalue weighted by Gasteiger charge is 2.32. The van der Waals surface area contributed by atoms with E-state index in [4.69, 9.17) is 5.11 Å². The lowest BCUT2D eigenvalue weighted by atomic mass is 9.89. The molecule has 6 heteroatoms. The van der Waals surface area contributed by atoms with Crippen LogP contribution in [0.15, 0.2) is 48.5 Å². The first kappa shape index (κ1) is 26.8. The van der Waals surface area contributed by atoms with Gasteiger partial charge in [-0.1, -0.05) is 44.7 Å². The Morgan fingerprint density at radius 1 is 0.971 bits per heavy atom. The summed E-state index contributed by atoms with van der Waals surface area (Å²) >= 11 is 0. The molecule has 1 atom stereocenters. The third-order valence-electron chi connectivity index (χ3n) is 5.49. The van der Waals surface area contributed by atoms with E-state index >= 15 is 0 Å². The number of carbonyl (C=O) groups excluding carboxylic acids is 3. The van der Waals surface area contributed by atoms with Crippen molar-refractivity contribution in [2.75, 3.05) is 20.7 Å². The number of carbonyl (C=O) groups is 3. The fourth-order valence-electron chi connectivity index (χ4n) is 3.50. The van der Waals surface area contributed by atoms with Crippen LogP contribution >= 0.6 is 0 Å². The lowest BCUT2D eigenvalue weighted by Gasteiger charge is -2.25. The first-order valence-corrected chi connectivity index (χ1v) is 11.4. The van der Waals surface area contributed by atoms with E-state index in [1.54, 1.807) is 24.3 Å². The summed E-state index contributed by atoms with van der Waals surface area (Å²) in [6.45, 7) is 5.94. The zero-order valence-electron chi connectivity index (χ0n) is 20.6. The standard InChI is InChI=1S/C28H34N2O4/c1-28(2,3)18-6-7-20-8-10-21(11-9-20)12-13-22-14-16-23(17-15-22)27(34)30(5)25(24(32)19-31)26(33)29-4/h8-11,14-17,25,31H,6-7,18-19H2,1-5H3,(H,29,33). The van der Waals surface area contributed by atoms with Gasteiger partial charge >= 0.3 is 0 Å². The van der Waals surface area contributed by atoms with Crippen LogP contribution in [-0.4, -0.2) is 54.3 Å². The molecule has 1 unspecified atom stereocenters. The van der Waals surface area contributed by atoms with Crippen molar-refractivity contribution in [2.24, 2.45) is 5.41 Å². The van der Waals surface area contributed by atoms with Gasteiger partial charge < -0.3 is 15.3 Å². The number of hydrogen-bond donors (Lipinski definition) is 2. The van der Waals surface area contributed by atoms with Gasteiger partial charge in [-0.2, -0.15) is 0 Å². The van der Waals surface area contributed by atoms with E-state index in [2.05, 4.69) is 50.1 Å². The fraction of sp³-hybridized carbons (Fsp3) is 0.393. The van der Waals surface area contributed by atoms with Crippen molar-refractivity contribution >= 4 is 17.6 Å². The molecular weight excluding hydrogens is 428 g/mol. The normalized spacial score (nSPS) is 11.7. The Balaban J connectivity index is 2.04. The zero-order valence-corrected chi connectivity index (χ0v) is 20.6. The van der Waals surface area contributed by atoms with Crippen molar-refractivity contribution < 1.29 is 19.5 Å². The average molecular weight is 463 g/mol. The van der Waals surface area contributed by atoms with Crippen LogP contribution < -0.4 is 5.32 Å². The van der Waals surface area contributed by atoms with Gasteiger partial charge in [0.1, 0.15) is 6.61 Å². The third-order valence-corrected chi connectivity index (χ3v) is 5.49. The monoisotopic (exact) mass is 462 g/mol. The summed E-state index contributed by atoms with van der Waals surface area (Å²) in [6.07, 6.45) is 3.40. The third kappa shape index (κ3) is 7.86. The fourth-order valence-corrected chi connectivity index (χ4v) is 3.50. The van der Waals surface area contributed by atoms with Crippen molar-refractivity contribution in [3.63, 3.8) is 0 Å². The van der Waals surface area contributed by atoms with E-state index in [1.807, 2.05) is 12.1 Å². The molecular formula is C28H34N2O4. The predicted octanol–water partition coefficient (Wildman–Crippen LogP) is 3.20. The molecule has 2 rings (SSSR count). The number of aliphatic hydroxyl groups excluding tert-OH is 1. The van der Waals surface area contributed by atoms with Crippen LogP contribution in [0, 0.1) is 17.3 Å². The molecule has 0 heterocycles. The molecule has 0 spiro atoms. The van der Waals surface area contributed by atoms with Gasteiger partial charge in [0.05, 0.1) is 0 Å². The van der Waals surface area contributed by atoms with E-state index in [0.29, 0.717) is 11.0 Å². The number of ketones is 1. The van der Waals surface area contributed by atoms with Crippen LogP contribution in [0.5, 0.6) is 0 Å². The highest BCUT2D eigenvalue weighted by molar-refractivity contribution is 6.10. The maximum Gasteiger partial charge on any atom is 0.254 e. The maximum absolute atomic E-state index is 12.8. The molecule has 0 aliphatic heterocycles. The Labute approximate surface area is 202 Å². The highest BCUT2D eigenvalue weighted by Crippen LogP contribution is 2.22. The van der Waals surface area contributed by atoms with Gasteiger partial charge in [-0.05, 0) is 66.6 Å². The number of aryl methyl sites for hydroxylation is 1. The molecule has 0 bridgehead atoms. The first-order chi connectivity index (χ1) is 16.1. The van der Waals surface area contributed by atoms with Gasteiger partial charge in [-0.15, -0.1) is 0 Å². The summed E-state index contributed by atoms with van der Waals surface area (Å²) in [7, 11) is 2.72. The van der Waals surface area contributed by atoms with E-state index < -0.39 is 30.2 Å². The Morgan fingerprint density at radius 3 is 1.97 bits per heavy atom. The molecule has 0 aliphatic carbocycles. The summed E-state index contributed by atoms with van der Waals surface area (Å²) in [4.78, 5) is 37.8. The largest absolute Gasteiger partial charge is 0.388 e. The second kappa shape index (κ2) is 12.2. The molecule has 2 N–H and O–H groups in total. The van der Waals surface area contributed by atoms with Gasteiger partial charge in [0.25, 0.3) is 5.91 Å². The Bertz CT molecular complexity index is 1040. The number of rotatable bonds is 8. The summed E-state index contributed by atoms with van der Waals surface area (Å²) in [6, 6.07) is 13.5. The van der Waals surface area contributed by atoms with Crippen molar-refractivity contribution in [1.82, 2.24) is 10.2 Å². The van der Waals surface area contributed by atoms with Crippen molar-refractivity contribution in [3.05, 3.63) is 70.8 Å². The number of likely N-dealkylation sites (N-methyl/N-ethyl adjacent to an activating group) is 2. The minimum Gasteiger partial charge on any atom is -0.388 e. The quantitative estimate of drug-likeness (QED) is 0.466. The lowest BCUT2D eigenvalue weighted by Crippen LogP contribution is -2.52. The van der Waals surface area contributed by atoms with Gasteiger partial charge in [-0.3, -0.25) is 14.4 Å². The number of amides is 2. The van der Waals surface area contributed by atoms with Gasteiger partial charge in [0.2, 0.25) is 5.91 Å². The summed E-state index contributed by atoms with van der Waals surface area (Å²) in [5.74, 6) is 4.31. The molecule has 34 heavy (non-hydrogen) atoms. The summed E-state index contributed by atoms with van der Waals surface area (Å²) < 4.78 is 0. The zero-order chi connectivity index (χ0) is 25.3. The number of hydrogen-bond acceptors (Lipinski definition) is 4. The molecule has 2 amide bonds. The van der Waals surface area contributed by atoms with Crippen LogP contribution in [0.2, 0.25) is 0 Å². The molecule has 0 saturated heterocycles. The van der Waals surface area contributed by atoms with Crippen LogP contribution in [0.3, 0.4) is 0 Å². The van der Waals surface area contributed by atoms with Gasteiger partial charge in [0.15, 0.2) is 11.8 Å². The molecule has 180 valence electrons. The van der Waals surface area contributed by atoms with Crippen LogP contribution in [0.1, 0.15) is 60.7 Å². The topological polar surface area (TPSA) is 86.7 Å². The molecule has 2 aromatic carbocycles. The Morgan fingerprint density at radius 2 is 1.50 bits per heavy atom. The highest BCUT2D eigenvalue weighted by atomic mass is 16.3. The van der Waals surface area contributed by atoms with E-state index in [0.717, 1.165) is 28.9 Å². The molecule has 0 saturated carbocycles. The van der Waals surface area contributed by atoms with Crippen LogP contribution in [0.4, 0.5) is 0 Å². The number of nitrogens with zero attached hydrogens (tertiary/aromatic N) is 1. The van der Waals surface area contributed by atoms with Crippen molar-refractivity contribution in [1.29, 1.82) is 0 Å². The van der Waals surface area contributed by atoms with Crippen molar-refractivity contribution in [3.8, 4) is 11.8 Å². The number of benzene rings is 2.